The Morgan fingerprint density at radius 2 is 0.810 bits per heavy atom. The Labute approximate surface area is 136 Å². The summed E-state index contributed by atoms with van der Waals surface area (Å²) in [6.07, 6.45) is 0. The van der Waals surface area contributed by atoms with Crippen molar-refractivity contribution < 1.29 is 0 Å². The van der Waals surface area contributed by atoms with Crippen LogP contribution in [-0.2, 0) is 0 Å². The smallest absolute Gasteiger partial charge is 0.0241 e. The molecule has 0 aliphatic carbocycles. The number of hydrogen-bond acceptors (Lipinski definition) is 0. The van der Waals surface area contributed by atoms with Crippen molar-refractivity contribution in [3.05, 3.63) is 0 Å². The van der Waals surface area contributed by atoms with Crippen LogP contribution < -0.4 is 0 Å². The second-order valence-corrected chi connectivity index (χ2v) is 10.9. The topological polar surface area (TPSA) is 0 Å². The van der Waals surface area contributed by atoms with Crippen LogP contribution in [0.2, 0.25) is 0 Å². The molecule has 0 bridgehead atoms. The van der Waals surface area contributed by atoms with E-state index in [2.05, 4.69) is 96.9 Å². The van der Waals surface area contributed by atoms with E-state index in [1.165, 1.54) is 0 Å². The van der Waals surface area contributed by atoms with E-state index in [-0.39, 0.29) is 27.1 Å². The molecule has 0 aliphatic heterocycles. The minimum atomic E-state index is 0.227. The van der Waals surface area contributed by atoms with Crippen molar-refractivity contribution in [3.63, 3.8) is 0 Å². The van der Waals surface area contributed by atoms with Gasteiger partial charge in [0.2, 0.25) is 0 Å². The van der Waals surface area contributed by atoms with E-state index in [1.807, 2.05) is 0 Å². The fraction of sp³-hybridized carbons (Fsp3) is 1.00. The zero-order valence-corrected chi connectivity index (χ0v) is 17.7. The highest BCUT2D eigenvalue weighted by Crippen LogP contribution is 2.65. The molecule has 0 N–H and O–H groups in total. The van der Waals surface area contributed by atoms with Crippen LogP contribution in [0, 0.1) is 38.9 Å². The molecule has 0 rings (SSSR count). The molecule has 0 saturated carbocycles. The van der Waals surface area contributed by atoms with E-state index < -0.39 is 0 Å². The predicted octanol–water partition coefficient (Wildman–Crippen LogP) is 7.43. The Bertz CT molecular complexity index is 345. The Kier molecular flexibility index (Phi) is 5.57. The van der Waals surface area contributed by atoms with Gasteiger partial charge in [0.25, 0.3) is 0 Å². The summed E-state index contributed by atoms with van der Waals surface area (Å²) in [6, 6.07) is 0. The fourth-order valence-corrected chi connectivity index (χ4v) is 3.93. The Morgan fingerprint density at radius 3 is 1.05 bits per heavy atom. The molecule has 0 saturated heterocycles. The molecule has 1 unspecified atom stereocenters. The lowest BCUT2D eigenvalue weighted by Crippen LogP contribution is -2.57. The Morgan fingerprint density at radius 1 is 0.476 bits per heavy atom. The highest BCUT2D eigenvalue weighted by molar-refractivity contribution is 5.07. The Balaban J connectivity index is 6.01. The number of rotatable bonds is 5. The molecule has 0 radical (unpaired) electrons. The third kappa shape index (κ3) is 3.06. The van der Waals surface area contributed by atoms with Gasteiger partial charge < -0.3 is 0 Å². The van der Waals surface area contributed by atoms with Crippen LogP contribution in [0.15, 0.2) is 0 Å². The zero-order chi connectivity index (χ0) is 17.7. The Hall–Kier alpha value is 0. The molecule has 21 heavy (non-hydrogen) atoms. The van der Waals surface area contributed by atoms with Gasteiger partial charge in [0.15, 0.2) is 0 Å². The van der Waals surface area contributed by atoms with Gasteiger partial charge in [0.1, 0.15) is 0 Å². The predicted molar refractivity (Wildman–Crippen MR) is 98.6 cm³/mol. The molecule has 0 nitrogen and oxygen atoms in total. The first kappa shape index (κ1) is 21.0. The summed E-state index contributed by atoms with van der Waals surface area (Å²) in [6.45, 7) is 34.2. The lowest BCUT2D eigenvalue weighted by Gasteiger charge is -2.64. The van der Waals surface area contributed by atoms with Crippen molar-refractivity contribution >= 4 is 0 Å². The highest BCUT2D eigenvalue weighted by Gasteiger charge is 2.58. The van der Waals surface area contributed by atoms with Gasteiger partial charge in [-0.3, -0.25) is 0 Å². The highest BCUT2D eigenvalue weighted by atomic mass is 14.6. The molecule has 0 spiro atoms. The molecule has 0 heteroatoms. The zero-order valence-electron chi connectivity index (χ0n) is 17.7. The SMILES string of the molecule is CC(C)C(C)C(C)(C)C(C)(C)C(C)(C)C(C)(C)C(C)(C)C. The van der Waals surface area contributed by atoms with E-state index in [0.29, 0.717) is 11.8 Å². The monoisotopic (exact) mass is 296 g/mol. The van der Waals surface area contributed by atoms with E-state index in [4.69, 9.17) is 0 Å². The summed E-state index contributed by atoms with van der Waals surface area (Å²) in [4.78, 5) is 0. The summed E-state index contributed by atoms with van der Waals surface area (Å²) in [7, 11) is 0. The lowest BCUT2D eigenvalue weighted by atomic mass is 9.41. The van der Waals surface area contributed by atoms with Crippen molar-refractivity contribution in [2.24, 2.45) is 38.9 Å². The molecule has 0 heterocycles. The van der Waals surface area contributed by atoms with Crippen LogP contribution in [0.1, 0.15) is 96.9 Å². The molecular weight excluding hydrogens is 252 g/mol. The van der Waals surface area contributed by atoms with E-state index in [9.17, 15) is 0 Å². The van der Waals surface area contributed by atoms with Crippen molar-refractivity contribution in [2.45, 2.75) is 96.9 Å². The van der Waals surface area contributed by atoms with Gasteiger partial charge in [-0.15, -0.1) is 0 Å². The maximum Gasteiger partial charge on any atom is -0.0241 e. The van der Waals surface area contributed by atoms with Crippen LogP contribution in [0.3, 0.4) is 0 Å². The van der Waals surface area contributed by atoms with Gasteiger partial charge in [-0.1, -0.05) is 96.9 Å². The van der Waals surface area contributed by atoms with E-state index in [1.54, 1.807) is 0 Å². The quantitative estimate of drug-likeness (QED) is 0.495. The normalized spacial score (nSPS) is 17.3. The molecule has 0 aromatic heterocycles. The third-order valence-electron chi connectivity index (χ3n) is 8.75. The van der Waals surface area contributed by atoms with Crippen molar-refractivity contribution in [3.8, 4) is 0 Å². The van der Waals surface area contributed by atoms with Crippen LogP contribution in [0.5, 0.6) is 0 Å². The van der Waals surface area contributed by atoms with E-state index in [0.717, 1.165) is 0 Å². The average molecular weight is 297 g/mol. The third-order valence-corrected chi connectivity index (χ3v) is 8.75. The van der Waals surface area contributed by atoms with Crippen molar-refractivity contribution in [1.82, 2.24) is 0 Å². The van der Waals surface area contributed by atoms with Crippen molar-refractivity contribution in [2.75, 3.05) is 0 Å². The van der Waals surface area contributed by atoms with Crippen LogP contribution in [0.25, 0.3) is 0 Å². The van der Waals surface area contributed by atoms with Gasteiger partial charge in [-0.25, -0.2) is 0 Å². The van der Waals surface area contributed by atoms with Gasteiger partial charge >= 0.3 is 0 Å². The molecule has 0 fully saturated rings. The minimum absolute atomic E-state index is 0.227. The summed E-state index contributed by atoms with van der Waals surface area (Å²) in [5.41, 5.74) is 1.28. The largest absolute Gasteiger partial charge is 0.0625 e. The molecule has 128 valence electrons. The molecule has 0 aliphatic rings. The maximum absolute atomic E-state index is 2.50. The second kappa shape index (κ2) is 5.57. The van der Waals surface area contributed by atoms with Crippen molar-refractivity contribution in [1.29, 1.82) is 0 Å². The molecule has 1 atom stereocenters. The minimum Gasteiger partial charge on any atom is -0.0625 e. The van der Waals surface area contributed by atoms with Crippen LogP contribution >= 0.6 is 0 Å². The maximum atomic E-state index is 2.50. The summed E-state index contributed by atoms with van der Waals surface area (Å²) >= 11 is 0. The van der Waals surface area contributed by atoms with Gasteiger partial charge in [0.05, 0.1) is 0 Å². The van der Waals surface area contributed by atoms with Crippen LogP contribution in [0.4, 0.5) is 0 Å². The summed E-state index contributed by atoms with van der Waals surface area (Å²) < 4.78 is 0. The van der Waals surface area contributed by atoms with Gasteiger partial charge in [-0.2, -0.15) is 0 Å². The average Bonchev–Trinajstić information content (AvgIpc) is 2.25. The van der Waals surface area contributed by atoms with Crippen LogP contribution in [-0.4, -0.2) is 0 Å². The van der Waals surface area contributed by atoms with E-state index >= 15 is 0 Å². The summed E-state index contributed by atoms with van der Waals surface area (Å²) in [5, 5.41) is 0. The van der Waals surface area contributed by atoms with Gasteiger partial charge in [-0.05, 0) is 38.9 Å². The summed E-state index contributed by atoms with van der Waals surface area (Å²) in [5.74, 6) is 1.41. The molecule has 0 amide bonds. The second-order valence-electron chi connectivity index (χ2n) is 10.9. The molecule has 0 aromatic carbocycles. The lowest BCUT2D eigenvalue weighted by molar-refractivity contribution is -0.155. The standard InChI is InChI=1S/C21H44/c1-15(2)16(3)18(7,8)20(11,12)21(13,14)19(9,10)17(4,5)6/h15-16H,1-14H3. The first-order valence-electron chi connectivity index (χ1n) is 8.85. The number of hydrogen-bond donors (Lipinski definition) is 0. The first-order chi connectivity index (χ1) is 8.85. The van der Waals surface area contributed by atoms with Gasteiger partial charge in [0, 0.05) is 0 Å². The first-order valence-corrected chi connectivity index (χ1v) is 8.85. The fourth-order valence-electron chi connectivity index (χ4n) is 3.93. The molecular formula is C21H44. The molecule has 0 aromatic rings.